The molecule has 0 radical (unpaired) electrons. The summed E-state index contributed by atoms with van der Waals surface area (Å²) >= 11 is 3.48. The largest absolute Gasteiger partial charge is 0.455 e. The standard InChI is InChI=1S/C24H15BrO2S/c25-18-13-10-17(11-14-18)23-24(28(26)19-7-2-1-3-8-19)22-20-9-5-4-6-16(20)12-15-21(22)27-23/h1-15H/t28-/m0/s1. The van der Waals surface area contributed by atoms with Crippen LogP contribution in [0.15, 0.2) is 110 Å². The summed E-state index contributed by atoms with van der Waals surface area (Å²) in [4.78, 5) is 1.48. The fourth-order valence-corrected chi connectivity index (χ4v) is 5.10. The van der Waals surface area contributed by atoms with Crippen molar-refractivity contribution in [3.8, 4) is 11.3 Å². The molecule has 1 heterocycles. The van der Waals surface area contributed by atoms with Crippen molar-refractivity contribution in [3.63, 3.8) is 0 Å². The molecule has 0 aliphatic rings. The Bertz CT molecular complexity index is 1320. The molecule has 4 heteroatoms. The maximum absolute atomic E-state index is 13.7. The molecule has 0 bridgehead atoms. The third-order valence-electron chi connectivity index (χ3n) is 4.79. The van der Waals surface area contributed by atoms with Crippen molar-refractivity contribution in [1.82, 2.24) is 0 Å². The van der Waals surface area contributed by atoms with Gasteiger partial charge in [0.15, 0.2) is 5.76 Å². The van der Waals surface area contributed by atoms with E-state index in [2.05, 4.69) is 28.1 Å². The van der Waals surface area contributed by atoms with Crippen molar-refractivity contribution < 1.29 is 8.63 Å². The van der Waals surface area contributed by atoms with Gasteiger partial charge in [0.2, 0.25) is 0 Å². The van der Waals surface area contributed by atoms with Crippen molar-refractivity contribution in [2.75, 3.05) is 0 Å². The van der Waals surface area contributed by atoms with E-state index in [0.29, 0.717) is 5.76 Å². The van der Waals surface area contributed by atoms with Gasteiger partial charge in [-0.2, -0.15) is 0 Å². The first-order chi connectivity index (χ1) is 13.7. The van der Waals surface area contributed by atoms with Crippen LogP contribution in [0.2, 0.25) is 0 Å². The Morgan fingerprint density at radius 1 is 0.750 bits per heavy atom. The summed E-state index contributed by atoms with van der Waals surface area (Å²) in [6.45, 7) is 0. The maximum Gasteiger partial charge on any atom is 0.151 e. The summed E-state index contributed by atoms with van der Waals surface area (Å²) in [5.74, 6) is 0.654. The Kier molecular flexibility index (Phi) is 4.38. The summed E-state index contributed by atoms with van der Waals surface area (Å²) in [6.07, 6.45) is 0. The predicted molar refractivity (Wildman–Crippen MR) is 118 cm³/mol. The van der Waals surface area contributed by atoms with Gasteiger partial charge in [-0.3, -0.25) is 0 Å². The molecule has 5 aromatic rings. The van der Waals surface area contributed by atoms with Crippen molar-refractivity contribution >= 4 is 48.5 Å². The molecule has 0 saturated heterocycles. The Labute approximate surface area is 173 Å². The summed E-state index contributed by atoms with van der Waals surface area (Å²) < 4.78 is 20.9. The second kappa shape index (κ2) is 7.04. The van der Waals surface area contributed by atoms with Gasteiger partial charge < -0.3 is 4.42 Å². The number of halogens is 1. The highest BCUT2D eigenvalue weighted by Gasteiger charge is 2.23. The molecule has 5 rings (SSSR count). The van der Waals surface area contributed by atoms with Gasteiger partial charge >= 0.3 is 0 Å². The molecule has 0 fully saturated rings. The van der Waals surface area contributed by atoms with Gasteiger partial charge in [-0.15, -0.1) is 0 Å². The van der Waals surface area contributed by atoms with E-state index < -0.39 is 10.8 Å². The van der Waals surface area contributed by atoms with E-state index in [-0.39, 0.29) is 0 Å². The molecule has 1 atom stereocenters. The van der Waals surface area contributed by atoms with Gasteiger partial charge in [0.25, 0.3) is 0 Å². The van der Waals surface area contributed by atoms with Crippen LogP contribution in [0.5, 0.6) is 0 Å². The first-order valence-corrected chi connectivity index (χ1v) is 10.8. The number of furan rings is 1. The molecule has 0 aliphatic carbocycles. The molecule has 4 aromatic carbocycles. The Balaban J connectivity index is 1.88. The highest BCUT2D eigenvalue weighted by molar-refractivity contribution is 9.10. The Hall–Kier alpha value is -2.69. The van der Waals surface area contributed by atoms with Crippen molar-refractivity contribution in [2.45, 2.75) is 9.79 Å². The van der Waals surface area contributed by atoms with Crippen LogP contribution in [0.1, 0.15) is 0 Å². The van der Waals surface area contributed by atoms with Gasteiger partial charge in [0.05, 0.1) is 15.7 Å². The molecule has 0 unspecified atom stereocenters. The van der Waals surface area contributed by atoms with E-state index in [0.717, 1.165) is 41.6 Å². The molecular formula is C24H15BrO2S. The molecule has 0 aliphatic heterocycles. The Morgan fingerprint density at radius 3 is 2.25 bits per heavy atom. The molecule has 0 N–H and O–H groups in total. The highest BCUT2D eigenvalue weighted by Crippen LogP contribution is 2.41. The fraction of sp³-hybridized carbons (Fsp3) is 0. The van der Waals surface area contributed by atoms with E-state index >= 15 is 0 Å². The molecule has 136 valence electrons. The minimum absolute atomic E-state index is 0.654. The van der Waals surface area contributed by atoms with Crippen LogP contribution in [-0.2, 0) is 10.8 Å². The van der Waals surface area contributed by atoms with Gasteiger partial charge in [-0.25, -0.2) is 4.21 Å². The van der Waals surface area contributed by atoms with Crippen LogP contribution in [0.25, 0.3) is 33.1 Å². The van der Waals surface area contributed by atoms with Crippen LogP contribution in [0.3, 0.4) is 0 Å². The van der Waals surface area contributed by atoms with Crippen molar-refractivity contribution in [2.24, 2.45) is 0 Å². The number of hydrogen-bond donors (Lipinski definition) is 0. The zero-order chi connectivity index (χ0) is 19.1. The zero-order valence-electron chi connectivity index (χ0n) is 14.8. The zero-order valence-corrected chi connectivity index (χ0v) is 17.2. The smallest absolute Gasteiger partial charge is 0.151 e. The lowest BCUT2D eigenvalue weighted by atomic mass is 10.1. The van der Waals surface area contributed by atoms with Crippen LogP contribution in [-0.4, -0.2) is 4.21 Å². The van der Waals surface area contributed by atoms with Crippen LogP contribution < -0.4 is 0 Å². The van der Waals surface area contributed by atoms with Gasteiger partial charge in [0, 0.05) is 20.3 Å². The predicted octanol–water partition coefficient (Wildman–Crippen LogP) is 7.18. The monoisotopic (exact) mass is 446 g/mol. The van der Waals surface area contributed by atoms with Crippen LogP contribution >= 0.6 is 15.9 Å². The van der Waals surface area contributed by atoms with Gasteiger partial charge in [-0.1, -0.05) is 76.6 Å². The first kappa shape index (κ1) is 17.4. The second-order valence-electron chi connectivity index (χ2n) is 6.51. The van der Waals surface area contributed by atoms with E-state index in [9.17, 15) is 4.21 Å². The average molecular weight is 447 g/mol. The average Bonchev–Trinajstić information content (AvgIpc) is 3.14. The molecule has 28 heavy (non-hydrogen) atoms. The van der Waals surface area contributed by atoms with Crippen LogP contribution in [0, 0.1) is 0 Å². The van der Waals surface area contributed by atoms with E-state index in [1.165, 1.54) is 0 Å². The summed E-state index contributed by atoms with van der Waals surface area (Å²) in [5.41, 5.74) is 1.65. The molecule has 2 nitrogen and oxygen atoms in total. The molecule has 0 spiro atoms. The topological polar surface area (TPSA) is 30.2 Å². The summed E-state index contributed by atoms with van der Waals surface area (Å²) in [7, 11) is -1.37. The molecule has 1 aromatic heterocycles. The van der Waals surface area contributed by atoms with Gasteiger partial charge in [-0.05, 0) is 41.1 Å². The number of hydrogen-bond acceptors (Lipinski definition) is 2. The minimum Gasteiger partial charge on any atom is -0.455 e. The second-order valence-corrected chi connectivity index (χ2v) is 8.84. The lowest BCUT2D eigenvalue weighted by Gasteiger charge is -2.06. The van der Waals surface area contributed by atoms with E-state index in [1.54, 1.807) is 0 Å². The Morgan fingerprint density at radius 2 is 1.46 bits per heavy atom. The molecule has 0 amide bonds. The normalized spacial score (nSPS) is 12.5. The highest BCUT2D eigenvalue weighted by atomic mass is 79.9. The van der Waals surface area contributed by atoms with Crippen molar-refractivity contribution in [3.05, 3.63) is 95.5 Å². The quantitative estimate of drug-likeness (QED) is 0.293. The lowest BCUT2D eigenvalue weighted by molar-refractivity contribution is 0.622. The molecule has 0 saturated carbocycles. The minimum atomic E-state index is -1.37. The molecular weight excluding hydrogens is 432 g/mol. The first-order valence-electron chi connectivity index (χ1n) is 8.89. The number of benzene rings is 4. The van der Waals surface area contributed by atoms with E-state index in [4.69, 9.17) is 4.42 Å². The SMILES string of the molecule is O=[S@@](c1ccccc1)c1c(-c2ccc(Br)cc2)oc2ccc3ccccc3c12. The number of rotatable bonds is 3. The number of fused-ring (bicyclic) bond motifs is 3. The van der Waals surface area contributed by atoms with Crippen LogP contribution in [0.4, 0.5) is 0 Å². The van der Waals surface area contributed by atoms with Crippen molar-refractivity contribution in [1.29, 1.82) is 0 Å². The van der Waals surface area contributed by atoms with Gasteiger partial charge in [0.1, 0.15) is 5.58 Å². The third kappa shape index (κ3) is 2.89. The lowest BCUT2D eigenvalue weighted by Crippen LogP contribution is -1.94. The summed E-state index contributed by atoms with van der Waals surface area (Å²) in [6, 6.07) is 29.6. The fourth-order valence-electron chi connectivity index (χ4n) is 3.47. The summed E-state index contributed by atoms with van der Waals surface area (Å²) in [5, 5.41) is 3.06. The maximum atomic E-state index is 13.7. The third-order valence-corrected chi connectivity index (χ3v) is 6.77. The van der Waals surface area contributed by atoms with E-state index in [1.807, 2.05) is 78.9 Å².